The Bertz CT molecular complexity index is 946. The summed E-state index contributed by atoms with van der Waals surface area (Å²) in [6.45, 7) is 1.76. The first-order valence-electron chi connectivity index (χ1n) is 11.1. The second-order valence-corrected chi connectivity index (χ2v) is 8.64. The number of benzene rings is 2. The minimum absolute atomic E-state index is 0.0245. The van der Waals surface area contributed by atoms with Gasteiger partial charge in [0.2, 0.25) is 5.78 Å². The highest BCUT2D eigenvalue weighted by atomic mass is 16.5. The normalized spacial score (nSPS) is 18.3. The lowest BCUT2D eigenvalue weighted by Crippen LogP contribution is -2.47. The number of hydrogen-bond donors (Lipinski definition) is 2. The zero-order chi connectivity index (χ0) is 21.8. The summed E-state index contributed by atoms with van der Waals surface area (Å²) in [7, 11) is 0. The number of ether oxygens (including phenoxy) is 1. The van der Waals surface area contributed by atoms with Gasteiger partial charge in [-0.25, -0.2) is 0 Å². The Balaban J connectivity index is 1.33. The SMILES string of the molecule is NCc1cccc(C2CCN(C(=O)c3cccc(OCC(=O)C4(O)CCC4)c3)CC2)c1. The number of amides is 1. The molecular weight excluding hydrogens is 392 g/mol. The lowest BCUT2D eigenvalue weighted by molar-refractivity contribution is -0.148. The summed E-state index contributed by atoms with van der Waals surface area (Å²) in [5.74, 6) is 0.587. The predicted octanol–water partition coefficient (Wildman–Crippen LogP) is 3.03. The zero-order valence-corrected chi connectivity index (χ0v) is 17.8. The molecule has 2 fully saturated rings. The van der Waals surface area contributed by atoms with Crippen molar-refractivity contribution in [3.63, 3.8) is 0 Å². The molecule has 3 N–H and O–H groups in total. The Labute approximate surface area is 183 Å². The van der Waals surface area contributed by atoms with Crippen LogP contribution in [0.15, 0.2) is 48.5 Å². The van der Waals surface area contributed by atoms with Gasteiger partial charge in [-0.2, -0.15) is 0 Å². The van der Waals surface area contributed by atoms with Gasteiger partial charge in [0.25, 0.3) is 5.91 Å². The number of carbonyl (C=O) groups excluding carboxylic acids is 2. The minimum atomic E-state index is -1.22. The summed E-state index contributed by atoms with van der Waals surface area (Å²) in [5, 5.41) is 10.1. The number of ketones is 1. The van der Waals surface area contributed by atoms with Crippen LogP contribution < -0.4 is 10.5 Å². The number of likely N-dealkylation sites (tertiary alicyclic amines) is 1. The van der Waals surface area contributed by atoms with Crippen molar-refractivity contribution in [2.75, 3.05) is 19.7 Å². The van der Waals surface area contributed by atoms with Gasteiger partial charge in [-0.1, -0.05) is 30.3 Å². The lowest BCUT2D eigenvalue weighted by Gasteiger charge is -2.34. The smallest absolute Gasteiger partial charge is 0.253 e. The van der Waals surface area contributed by atoms with Gasteiger partial charge in [0.1, 0.15) is 18.0 Å². The number of carbonyl (C=O) groups is 2. The van der Waals surface area contributed by atoms with E-state index in [9.17, 15) is 14.7 Å². The van der Waals surface area contributed by atoms with Gasteiger partial charge >= 0.3 is 0 Å². The van der Waals surface area contributed by atoms with E-state index >= 15 is 0 Å². The fraction of sp³-hybridized carbons (Fsp3) is 0.440. The third-order valence-corrected chi connectivity index (χ3v) is 6.59. The molecule has 6 nitrogen and oxygen atoms in total. The van der Waals surface area contributed by atoms with Crippen LogP contribution in [0, 0.1) is 0 Å². The Morgan fingerprint density at radius 3 is 2.52 bits per heavy atom. The maximum Gasteiger partial charge on any atom is 0.253 e. The van der Waals surface area contributed by atoms with Crippen molar-refractivity contribution < 1.29 is 19.4 Å². The minimum Gasteiger partial charge on any atom is -0.486 e. The molecule has 4 rings (SSSR count). The van der Waals surface area contributed by atoms with Gasteiger partial charge in [-0.05, 0) is 67.3 Å². The Hall–Kier alpha value is -2.70. The van der Waals surface area contributed by atoms with Crippen molar-refractivity contribution in [1.82, 2.24) is 4.90 Å². The van der Waals surface area contributed by atoms with Crippen molar-refractivity contribution in [3.8, 4) is 5.75 Å². The molecule has 0 radical (unpaired) electrons. The van der Waals surface area contributed by atoms with E-state index in [0.29, 0.717) is 49.7 Å². The largest absolute Gasteiger partial charge is 0.486 e. The van der Waals surface area contributed by atoms with Crippen molar-refractivity contribution in [2.45, 2.75) is 50.2 Å². The van der Waals surface area contributed by atoms with E-state index in [-0.39, 0.29) is 18.3 Å². The van der Waals surface area contributed by atoms with Crippen molar-refractivity contribution in [1.29, 1.82) is 0 Å². The van der Waals surface area contributed by atoms with Gasteiger partial charge in [0, 0.05) is 25.2 Å². The van der Waals surface area contributed by atoms with Crippen LogP contribution in [0.3, 0.4) is 0 Å². The summed E-state index contributed by atoms with van der Waals surface area (Å²) >= 11 is 0. The molecule has 0 spiro atoms. The van der Waals surface area contributed by atoms with Crippen LogP contribution in [0.4, 0.5) is 0 Å². The Morgan fingerprint density at radius 1 is 1.10 bits per heavy atom. The molecule has 0 unspecified atom stereocenters. The molecule has 2 aromatic carbocycles. The standard InChI is InChI=1S/C25H30N2O4/c26-16-18-4-1-5-20(14-18)19-8-12-27(13-9-19)24(29)21-6-2-7-22(15-21)31-17-23(28)25(30)10-3-11-25/h1-2,4-7,14-15,19,30H,3,8-13,16-17,26H2. The second kappa shape index (κ2) is 9.20. The van der Waals surface area contributed by atoms with Gasteiger partial charge in [-0.15, -0.1) is 0 Å². The molecule has 0 aromatic heterocycles. The first-order valence-corrected chi connectivity index (χ1v) is 11.1. The third-order valence-electron chi connectivity index (χ3n) is 6.59. The quantitative estimate of drug-likeness (QED) is 0.716. The number of piperidine rings is 1. The molecule has 0 bridgehead atoms. The van der Waals surface area contributed by atoms with Crippen LogP contribution in [0.2, 0.25) is 0 Å². The van der Waals surface area contributed by atoms with Gasteiger partial charge in [-0.3, -0.25) is 9.59 Å². The Morgan fingerprint density at radius 2 is 1.84 bits per heavy atom. The molecule has 1 saturated carbocycles. The molecule has 1 heterocycles. The predicted molar refractivity (Wildman–Crippen MR) is 118 cm³/mol. The first kappa shape index (κ1) is 21.5. The van der Waals surface area contributed by atoms with E-state index in [2.05, 4.69) is 18.2 Å². The number of nitrogens with two attached hydrogens (primary N) is 1. The molecule has 164 valence electrons. The van der Waals surface area contributed by atoms with Gasteiger partial charge < -0.3 is 20.5 Å². The van der Waals surface area contributed by atoms with Crippen LogP contribution in [0.25, 0.3) is 0 Å². The number of aliphatic hydroxyl groups is 1. The van der Waals surface area contributed by atoms with Gasteiger partial charge in [0.05, 0.1) is 0 Å². The second-order valence-electron chi connectivity index (χ2n) is 8.64. The van der Waals surface area contributed by atoms with E-state index < -0.39 is 5.60 Å². The maximum atomic E-state index is 13.0. The molecule has 2 aromatic rings. The highest BCUT2D eigenvalue weighted by Crippen LogP contribution is 2.33. The Kier molecular flexibility index (Phi) is 6.39. The highest BCUT2D eigenvalue weighted by molar-refractivity contribution is 5.94. The van der Waals surface area contributed by atoms with Crippen molar-refractivity contribution in [2.24, 2.45) is 5.73 Å². The molecular formula is C25H30N2O4. The monoisotopic (exact) mass is 422 g/mol. The molecule has 2 aliphatic rings. The van der Waals surface area contributed by atoms with Crippen LogP contribution in [-0.2, 0) is 11.3 Å². The van der Waals surface area contributed by atoms with E-state index in [4.69, 9.17) is 10.5 Å². The molecule has 1 amide bonds. The van der Waals surface area contributed by atoms with E-state index in [1.807, 2.05) is 11.0 Å². The summed E-state index contributed by atoms with van der Waals surface area (Å²) in [6, 6.07) is 15.3. The molecule has 31 heavy (non-hydrogen) atoms. The van der Waals surface area contributed by atoms with E-state index in [0.717, 1.165) is 24.8 Å². The van der Waals surface area contributed by atoms with Crippen molar-refractivity contribution in [3.05, 3.63) is 65.2 Å². The first-order chi connectivity index (χ1) is 15.0. The topological polar surface area (TPSA) is 92.9 Å². The lowest BCUT2D eigenvalue weighted by atomic mass is 9.77. The van der Waals surface area contributed by atoms with Gasteiger partial charge in [0.15, 0.2) is 0 Å². The number of hydrogen-bond acceptors (Lipinski definition) is 5. The van der Waals surface area contributed by atoms with Crippen LogP contribution in [0.1, 0.15) is 59.5 Å². The summed E-state index contributed by atoms with van der Waals surface area (Å²) in [4.78, 5) is 27.0. The van der Waals surface area contributed by atoms with E-state index in [1.165, 1.54) is 5.56 Å². The molecule has 1 saturated heterocycles. The molecule has 1 aliphatic heterocycles. The maximum absolute atomic E-state index is 13.0. The van der Waals surface area contributed by atoms with E-state index in [1.54, 1.807) is 24.3 Å². The number of Topliss-reactive ketones (excluding diaryl/α,β-unsaturated/α-hetero) is 1. The summed E-state index contributed by atoms with van der Waals surface area (Å²) in [6.07, 6.45) is 3.70. The van der Waals surface area contributed by atoms with Crippen LogP contribution in [0.5, 0.6) is 5.75 Å². The van der Waals surface area contributed by atoms with Crippen LogP contribution >= 0.6 is 0 Å². The number of rotatable bonds is 7. The third kappa shape index (κ3) is 4.81. The highest BCUT2D eigenvalue weighted by Gasteiger charge is 2.41. The van der Waals surface area contributed by atoms with Crippen LogP contribution in [-0.4, -0.2) is 47.0 Å². The molecule has 1 aliphatic carbocycles. The zero-order valence-electron chi connectivity index (χ0n) is 17.8. The average Bonchev–Trinajstić information content (AvgIpc) is 2.80. The van der Waals surface area contributed by atoms with Crippen molar-refractivity contribution >= 4 is 11.7 Å². The molecule has 6 heteroatoms. The fourth-order valence-electron chi connectivity index (χ4n) is 4.37. The summed E-state index contributed by atoms with van der Waals surface area (Å²) in [5.41, 5.74) is 7.52. The number of nitrogens with zero attached hydrogens (tertiary/aromatic N) is 1. The molecule has 0 atom stereocenters. The summed E-state index contributed by atoms with van der Waals surface area (Å²) < 4.78 is 5.57. The average molecular weight is 423 g/mol. The fourth-order valence-corrected chi connectivity index (χ4v) is 4.37.